The standard InChI is InChI=1S/C18H18N2O3S2/c1-2-23-17-11-9-15(10-12-17)19-14-5-7-16(8-6-14)20-25(21,22)18-4-3-13-24-18/h3-13,19-20H,2H2,1H3. The number of anilines is 3. The fourth-order valence-corrected chi connectivity index (χ4v) is 4.26. The van der Waals surface area contributed by atoms with Crippen molar-refractivity contribution in [1.29, 1.82) is 0 Å². The Labute approximate surface area is 151 Å². The summed E-state index contributed by atoms with van der Waals surface area (Å²) in [5, 5.41) is 4.99. The maximum absolute atomic E-state index is 12.2. The van der Waals surface area contributed by atoms with Crippen LogP contribution in [0.25, 0.3) is 0 Å². The van der Waals surface area contributed by atoms with Gasteiger partial charge in [-0.1, -0.05) is 6.07 Å². The van der Waals surface area contributed by atoms with Gasteiger partial charge in [-0.3, -0.25) is 4.72 Å². The summed E-state index contributed by atoms with van der Waals surface area (Å²) in [4.78, 5) is 0. The molecule has 3 aromatic rings. The van der Waals surface area contributed by atoms with E-state index in [0.29, 0.717) is 16.5 Å². The Kier molecular flexibility index (Phi) is 5.25. The number of rotatable bonds is 7. The summed E-state index contributed by atoms with van der Waals surface area (Å²) in [5.74, 6) is 0.825. The second-order valence-corrected chi connectivity index (χ2v) is 8.05. The number of thiophene rings is 1. The van der Waals surface area contributed by atoms with E-state index >= 15 is 0 Å². The predicted octanol–water partition coefficient (Wildman–Crippen LogP) is 4.69. The fraction of sp³-hybridized carbons (Fsp3) is 0.111. The molecule has 5 nitrogen and oxygen atoms in total. The molecule has 0 radical (unpaired) electrons. The number of nitrogens with one attached hydrogen (secondary N) is 2. The van der Waals surface area contributed by atoms with Crippen molar-refractivity contribution in [2.45, 2.75) is 11.1 Å². The maximum Gasteiger partial charge on any atom is 0.271 e. The zero-order valence-electron chi connectivity index (χ0n) is 13.6. The third kappa shape index (κ3) is 4.52. The van der Waals surface area contributed by atoms with Gasteiger partial charge in [-0.05, 0) is 66.9 Å². The van der Waals surface area contributed by atoms with Crippen molar-refractivity contribution >= 4 is 38.4 Å². The largest absolute Gasteiger partial charge is 0.494 e. The van der Waals surface area contributed by atoms with E-state index in [2.05, 4.69) is 10.0 Å². The van der Waals surface area contributed by atoms with Gasteiger partial charge in [-0.25, -0.2) is 8.42 Å². The Morgan fingerprint density at radius 3 is 2.08 bits per heavy atom. The Balaban J connectivity index is 1.66. The van der Waals surface area contributed by atoms with Crippen LogP contribution in [0.5, 0.6) is 5.75 Å². The Morgan fingerprint density at radius 1 is 0.920 bits per heavy atom. The molecule has 0 aliphatic heterocycles. The molecule has 0 bridgehead atoms. The van der Waals surface area contributed by atoms with E-state index < -0.39 is 10.0 Å². The number of hydrogen-bond acceptors (Lipinski definition) is 5. The van der Waals surface area contributed by atoms with Gasteiger partial charge < -0.3 is 10.1 Å². The van der Waals surface area contributed by atoms with Crippen LogP contribution in [-0.4, -0.2) is 15.0 Å². The first-order valence-corrected chi connectivity index (χ1v) is 10.1. The van der Waals surface area contributed by atoms with E-state index in [4.69, 9.17) is 4.74 Å². The van der Waals surface area contributed by atoms with Gasteiger partial charge in [-0.15, -0.1) is 11.3 Å². The lowest BCUT2D eigenvalue weighted by Crippen LogP contribution is -2.11. The van der Waals surface area contributed by atoms with Crippen molar-refractivity contribution < 1.29 is 13.2 Å². The second-order valence-electron chi connectivity index (χ2n) is 5.20. The smallest absolute Gasteiger partial charge is 0.271 e. The lowest BCUT2D eigenvalue weighted by Gasteiger charge is -2.10. The number of benzene rings is 2. The van der Waals surface area contributed by atoms with E-state index in [1.165, 1.54) is 11.3 Å². The molecule has 3 rings (SSSR count). The van der Waals surface area contributed by atoms with Gasteiger partial charge in [0.1, 0.15) is 9.96 Å². The average molecular weight is 374 g/mol. The summed E-state index contributed by atoms with van der Waals surface area (Å²) < 4.78 is 32.7. The Hall–Kier alpha value is -2.51. The summed E-state index contributed by atoms with van der Waals surface area (Å²) in [5.41, 5.74) is 2.31. The highest BCUT2D eigenvalue weighted by Crippen LogP contribution is 2.24. The van der Waals surface area contributed by atoms with Crippen LogP contribution in [0.4, 0.5) is 17.1 Å². The van der Waals surface area contributed by atoms with Crippen molar-refractivity contribution in [3.05, 3.63) is 66.0 Å². The van der Waals surface area contributed by atoms with Crippen LogP contribution in [0, 0.1) is 0 Å². The normalized spacial score (nSPS) is 11.1. The second kappa shape index (κ2) is 7.58. The molecule has 130 valence electrons. The van der Waals surface area contributed by atoms with Crippen LogP contribution < -0.4 is 14.8 Å². The van der Waals surface area contributed by atoms with Gasteiger partial charge in [0.15, 0.2) is 0 Å². The highest BCUT2D eigenvalue weighted by atomic mass is 32.2. The van der Waals surface area contributed by atoms with Crippen molar-refractivity contribution in [2.75, 3.05) is 16.6 Å². The minimum Gasteiger partial charge on any atom is -0.494 e. The van der Waals surface area contributed by atoms with Crippen LogP contribution >= 0.6 is 11.3 Å². The molecule has 0 spiro atoms. The molecule has 0 unspecified atom stereocenters. The fourth-order valence-electron chi connectivity index (χ4n) is 2.21. The lowest BCUT2D eigenvalue weighted by molar-refractivity contribution is 0.340. The molecule has 2 N–H and O–H groups in total. The maximum atomic E-state index is 12.2. The average Bonchev–Trinajstić information content (AvgIpc) is 3.14. The summed E-state index contributed by atoms with van der Waals surface area (Å²) in [6.07, 6.45) is 0. The van der Waals surface area contributed by atoms with Crippen LogP contribution in [0.1, 0.15) is 6.92 Å². The predicted molar refractivity (Wildman–Crippen MR) is 102 cm³/mol. The SMILES string of the molecule is CCOc1ccc(Nc2ccc(NS(=O)(=O)c3cccs3)cc2)cc1. The van der Waals surface area contributed by atoms with Gasteiger partial charge in [0.05, 0.1) is 6.61 Å². The lowest BCUT2D eigenvalue weighted by atomic mass is 10.2. The summed E-state index contributed by atoms with van der Waals surface area (Å²) >= 11 is 1.19. The first kappa shape index (κ1) is 17.3. The molecule has 0 fully saturated rings. The monoisotopic (exact) mass is 374 g/mol. The zero-order valence-corrected chi connectivity index (χ0v) is 15.2. The molecule has 0 aliphatic rings. The van der Waals surface area contributed by atoms with Crippen molar-refractivity contribution in [1.82, 2.24) is 0 Å². The van der Waals surface area contributed by atoms with Gasteiger partial charge in [0.2, 0.25) is 0 Å². The van der Waals surface area contributed by atoms with Crippen LogP contribution in [0.2, 0.25) is 0 Å². The van der Waals surface area contributed by atoms with Crippen LogP contribution in [0.3, 0.4) is 0 Å². The van der Waals surface area contributed by atoms with E-state index in [1.54, 1.807) is 29.6 Å². The molecule has 0 saturated heterocycles. The Morgan fingerprint density at radius 2 is 1.52 bits per heavy atom. The van der Waals surface area contributed by atoms with Gasteiger partial charge in [0, 0.05) is 17.1 Å². The van der Waals surface area contributed by atoms with Crippen molar-refractivity contribution in [2.24, 2.45) is 0 Å². The molecule has 0 atom stereocenters. The minimum absolute atomic E-state index is 0.295. The topological polar surface area (TPSA) is 67.4 Å². The first-order chi connectivity index (χ1) is 12.1. The van der Waals surface area contributed by atoms with Crippen molar-refractivity contribution in [3.8, 4) is 5.75 Å². The zero-order chi connectivity index (χ0) is 17.7. The first-order valence-electron chi connectivity index (χ1n) is 7.73. The summed E-state index contributed by atoms with van der Waals surface area (Å²) in [6.45, 7) is 2.58. The highest BCUT2D eigenvalue weighted by molar-refractivity contribution is 7.94. The van der Waals surface area contributed by atoms with Crippen LogP contribution in [0.15, 0.2) is 70.3 Å². The number of hydrogen-bond donors (Lipinski definition) is 2. The molecule has 1 heterocycles. The Bertz CT molecular complexity index is 904. The van der Waals surface area contributed by atoms with E-state index in [-0.39, 0.29) is 0 Å². The quantitative estimate of drug-likeness (QED) is 0.629. The summed E-state index contributed by atoms with van der Waals surface area (Å²) in [7, 11) is -3.52. The summed E-state index contributed by atoms with van der Waals surface area (Å²) in [6, 6.07) is 18.0. The van der Waals surface area contributed by atoms with E-state index in [1.807, 2.05) is 43.3 Å². The van der Waals surface area contributed by atoms with Crippen molar-refractivity contribution in [3.63, 3.8) is 0 Å². The molecule has 0 saturated carbocycles. The van der Waals surface area contributed by atoms with Gasteiger partial charge >= 0.3 is 0 Å². The number of sulfonamides is 1. The molecule has 7 heteroatoms. The molecule has 0 amide bonds. The third-order valence-corrected chi connectivity index (χ3v) is 6.13. The minimum atomic E-state index is -3.52. The van der Waals surface area contributed by atoms with Gasteiger partial charge in [-0.2, -0.15) is 0 Å². The molecular weight excluding hydrogens is 356 g/mol. The molecule has 2 aromatic carbocycles. The van der Waals surface area contributed by atoms with E-state index in [0.717, 1.165) is 17.1 Å². The highest BCUT2D eigenvalue weighted by Gasteiger charge is 2.14. The number of ether oxygens (including phenoxy) is 1. The molecule has 1 aromatic heterocycles. The van der Waals surface area contributed by atoms with E-state index in [9.17, 15) is 8.42 Å². The molecular formula is C18H18N2O3S2. The third-order valence-electron chi connectivity index (χ3n) is 3.35. The molecule has 0 aliphatic carbocycles. The van der Waals surface area contributed by atoms with Gasteiger partial charge in [0.25, 0.3) is 10.0 Å². The van der Waals surface area contributed by atoms with Crippen LogP contribution in [-0.2, 0) is 10.0 Å². The molecule has 25 heavy (non-hydrogen) atoms.